The second kappa shape index (κ2) is 15.2. The Kier molecular flexibility index (Phi) is 11.4. The van der Waals surface area contributed by atoms with Crippen LogP contribution in [0.25, 0.3) is 0 Å². The molecule has 3 N–H and O–H groups in total. The van der Waals surface area contributed by atoms with Gasteiger partial charge in [0.25, 0.3) is 0 Å². The van der Waals surface area contributed by atoms with Crippen LogP contribution in [0, 0.1) is 5.92 Å². The van der Waals surface area contributed by atoms with Crippen molar-refractivity contribution in [3.63, 3.8) is 0 Å². The lowest BCUT2D eigenvalue weighted by Gasteiger charge is -2.34. The van der Waals surface area contributed by atoms with E-state index >= 15 is 0 Å². The Hall–Kier alpha value is -3.43. The van der Waals surface area contributed by atoms with Crippen LogP contribution in [0.2, 0.25) is 0 Å². The van der Waals surface area contributed by atoms with Gasteiger partial charge in [-0.05, 0) is 75.9 Å². The predicted octanol–water partition coefficient (Wildman–Crippen LogP) is 2.74. The number of hydrogen-bond donors (Lipinski definition) is 3. The van der Waals surface area contributed by atoms with E-state index in [0.29, 0.717) is 32.4 Å². The molecule has 2 saturated heterocycles. The van der Waals surface area contributed by atoms with Gasteiger partial charge in [-0.1, -0.05) is 49.4 Å². The zero-order valence-corrected chi connectivity index (χ0v) is 25.5. The first-order valence-electron chi connectivity index (χ1n) is 15.3. The van der Waals surface area contributed by atoms with Crippen molar-refractivity contribution in [2.45, 2.75) is 76.2 Å². The van der Waals surface area contributed by atoms with Crippen LogP contribution in [-0.2, 0) is 27.3 Å². The van der Waals surface area contributed by atoms with Gasteiger partial charge in [0.15, 0.2) is 0 Å². The first-order valence-corrected chi connectivity index (χ1v) is 15.3. The van der Waals surface area contributed by atoms with E-state index < -0.39 is 12.1 Å². The van der Waals surface area contributed by atoms with Crippen LogP contribution in [0.3, 0.4) is 0 Å². The highest BCUT2D eigenvalue weighted by Crippen LogP contribution is 2.34. The topological polar surface area (TPSA) is 103 Å². The fourth-order valence-electron chi connectivity index (χ4n) is 6.44. The van der Waals surface area contributed by atoms with Gasteiger partial charge in [-0.2, -0.15) is 0 Å². The molecule has 0 bridgehead atoms. The second-order valence-electron chi connectivity index (χ2n) is 11.6. The molecule has 2 fully saturated rings. The summed E-state index contributed by atoms with van der Waals surface area (Å²) >= 11 is 0. The molecule has 0 aromatic heterocycles. The largest absolute Gasteiger partial charge is 0.497 e. The summed E-state index contributed by atoms with van der Waals surface area (Å²) in [4.78, 5) is 44.9. The van der Waals surface area contributed by atoms with E-state index in [1.165, 1.54) is 5.56 Å². The molecule has 0 radical (unpaired) electrons. The minimum atomic E-state index is -0.684. The highest BCUT2D eigenvalue weighted by atomic mass is 16.5. The van der Waals surface area contributed by atoms with E-state index in [0.717, 1.165) is 37.1 Å². The van der Waals surface area contributed by atoms with Crippen molar-refractivity contribution in [1.29, 1.82) is 0 Å². The SMILES string of the molecule is CC[C@@H](NC)C(=O)N[C@@H]1C(=O)N2[C@@H](CC[C@@H]1CN(C)Cc1ccccc1)CC[C@H]2C(=O)NCCc1ccc(OC)cc1. The lowest BCUT2D eigenvalue weighted by atomic mass is 9.92. The molecule has 42 heavy (non-hydrogen) atoms. The maximum atomic E-state index is 14.3. The summed E-state index contributed by atoms with van der Waals surface area (Å²) in [5.74, 6) is 0.306. The highest BCUT2D eigenvalue weighted by Gasteiger charge is 2.47. The van der Waals surface area contributed by atoms with Gasteiger partial charge in [0.2, 0.25) is 17.7 Å². The predicted molar refractivity (Wildman–Crippen MR) is 164 cm³/mol. The zero-order valence-electron chi connectivity index (χ0n) is 25.5. The number of hydrogen-bond acceptors (Lipinski definition) is 6. The summed E-state index contributed by atoms with van der Waals surface area (Å²) < 4.78 is 5.22. The second-order valence-corrected chi connectivity index (χ2v) is 11.6. The molecule has 0 aliphatic carbocycles. The number of carbonyl (C=O) groups excluding carboxylic acids is 3. The molecular formula is C33H47N5O4. The number of likely N-dealkylation sites (N-methyl/N-ethyl adjacent to an activating group) is 1. The van der Waals surface area contributed by atoms with Gasteiger partial charge in [0.1, 0.15) is 17.8 Å². The molecule has 228 valence electrons. The number of ether oxygens (including phenoxy) is 1. The smallest absolute Gasteiger partial charge is 0.246 e. The number of carbonyl (C=O) groups is 3. The third kappa shape index (κ3) is 7.89. The molecule has 0 saturated carbocycles. The fourth-order valence-corrected chi connectivity index (χ4v) is 6.44. The van der Waals surface area contributed by atoms with Gasteiger partial charge in [-0.3, -0.25) is 14.4 Å². The first kappa shape index (κ1) is 31.5. The molecular weight excluding hydrogens is 530 g/mol. The number of nitrogens with zero attached hydrogens (tertiary/aromatic N) is 2. The lowest BCUT2D eigenvalue weighted by molar-refractivity contribution is -0.143. The number of rotatable bonds is 13. The molecule has 0 unspecified atom stereocenters. The summed E-state index contributed by atoms with van der Waals surface area (Å²) in [6.45, 7) is 3.86. The average molecular weight is 578 g/mol. The summed E-state index contributed by atoms with van der Waals surface area (Å²) in [5.41, 5.74) is 2.31. The zero-order chi connectivity index (χ0) is 30.1. The number of fused-ring (bicyclic) bond motifs is 1. The van der Waals surface area contributed by atoms with Crippen molar-refractivity contribution < 1.29 is 19.1 Å². The first-order chi connectivity index (χ1) is 20.3. The van der Waals surface area contributed by atoms with Crippen molar-refractivity contribution in [3.05, 3.63) is 65.7 Å². The van der Waals surface area contributed by atoms with Crippen molar-refractivity contribution in [1.82, 2.24) is 25.8 Å². The van der Waals surface area contributed by atoms with E-state index in [9.17, 15) is 14.4 Å². The molecule has 2 aliphatic heterocycles. The van der Waals surface area contributed by atoms with Crippen LogP contribution < -0.4 is 20.7 Å². The van der Waals surface area contributed by atoms with Crippen LogP contribution in [-0.4, -0.2) is 86.0 Å². The molecule has 0 spiro atoms. The minimum Gasteiger partial charge on any atom is -0.497 e. The number of nitrogens with one attached hydrogen (secondary N) is 3. The van der Waals surface area contributed by atoms with Crippen LogP contribution in [0.5, 0.6) is 5.75 Å². The summed E-state index contributed by atoms with van der Waals surface area (Å²) in [7, 11) is 5.46. The van der Waals surface area contributed by atoms with Crippen molar-refractivity contribution in [2.24, 2.45) is 5.92 Å². The van der Waals surface area contributed by atoms with E-state index in [1.807, 2.05) is 49.4 Å². The van der Waals surface area contributed by atoms with E-state index in [1.54, 1.807) is 19.1 Å². The quantitative estimate of drug-likeness (QED) is 0.338. The summed E-state index contributed by atoms with van der Waals surface area (Å²) in [6.07, 6.45) is 4.37. The van der Waals surface area contributed by atoms with E-state index in [2.05, 4.69) is 40.0 Å². The Morgan fingerprint density at radius 2 is 1.74 bits per heavy atom. The molecule has 9 nitrogen and oxygen atoms in total. The van der Waals surface area contributed by atoms with Crippen LogP contribution in [0.4, 0.5) is 0 Å². The monoisotopic (exact) mass is 577 g/mol. The number of methoxy groups -OCH3 is 1. The lowest BCUT2D eigenvalue weighted by Crippen LogP contribution is -2.59. The molecule has 2 aliphatic rings. The average Bonchev–Trinajstić information content (AvgIpc) is 3.38. The number of amides is 3. The molecule has 2 aromatic rings. The Labute approximate surface area is 250 Å². The van der Waals surface area contributed by atoms with Crippen molar-refractivity contribution >= 4 is 17.7 Å². The molecule has 3 amide bonds. The number of benzene rings is 2. The Morgan fingerprint density at radius 3 is 2.40 bits per heavy atom. The molecule has 2 aromatic carbocycles. The van der Waals surface area contributed by atoms with Gasteiger partial charge in [-0.25, -0.2) is 0 Å². The maximum Gasteiger partial charge on any atom is 0.246 e. The highest BCUT2D eigenvalue weighted by molar-refractivity contribution is 5.94. The van der Waals surface area contributed by atoms with E-state index in [4.69, 9.17) is 4.74 Å². The Bertz CT molecular complexity index is 1170. The van der Waals surface area contributed by atoms with Gasteiger partial charge in [0, 0.05) is 31.6 Å². The fraction of sp³-hybridized carbons (Fsp3) is 0.545. The van der Waals surface area contributed by atoms with Crippen LogP contribution >= 0.6 is 0 Å². The van der Waals surface area contributed by atoms with Crippen molar-refractivity contribution in [2.75, 3.05) is 34.3 Å². The Balaban J connectivity index is 1.46. The van der Waals surface area contributed by atoms with Gasteiger partial charge in [-0.15, -0.1) is 0 Å². The third-order valence-corrected chi connectivity index (χ3v) is 8.75. The third-order valence-electron chi connectivity index (χ3n) is 8.75. The standard InChI is InChI=1S/C33H47N5O4/c1-5-28(34-2)31(39)36-30-25(22-37(3)21-24-9-7-6-8-10-24)13-14-26-15-18-29(38(26)33(30)41)32(40)35-20-19-23-11-16-27(42-4)17-12-23/h6-12,16-17,25-26,28-30,34H,5,13-15,18-22H2,1-4H3,(H,35,40)(H,36,39)/t25-,26+,28-,29+,30+/m1/s1. The normalized spacial score (nSPS) is 22.8. The molecule has 5 atom stereocenters. The molecule has 9 heteroatoms. The van der Waals surface area contributed by atoms with E-state index in [-0.39, 0.29) is 35.7 Å². The molecule has 2 heterocycles. The van der Waals surface area contributed by atoms with Crippen LogP contribution in [0.15, 0.2) is 54.6 Å². The Morgan fingerprint density at radius 1 is 1.02 bits per heavy atom. The summed E-state index contributed by atoms with van der Waals surface area (Å²) in [6, 6.07) is 16.5. The minimum absolute atomic E-state index is 0.00458. The summed E-state index contributed by atoms with van der Waals surface area (Å²) in [5, 5.41) is 9.24. The van der Waals surface area contributed by atoms with Gasteiger partial charge >= 0.3 is 0 Å². The van der Waals surface area contributed by atoms with Gasteiger partial charge < -0.3 is 30.5 Å². The van der Waals surface area contributed by atoms with Crippen LogP contribution in [0.1, 0.15) is 50.2 Å². The van der Waals surface area contributed by atoms with Crippen molar-refractivity contribution in [3.8, 4) is 5.75 Å². The maximum absolute atomic E-state index is 14.3. The van der Waals surface area contributed by atoms with Gasteiger partial charge in [0.05, 0.1) is 13.2 Å². The molecule has 4 rings (SSSR count).